The van der Waals surface area contributed by atoms with Crippen molar-refractivity contribution in [3.63, 3.8) is 0 Å². The van der Waals surface area contributed by atoms with E-state index in [2.05, 4.69) is 4.98 Å². The second-order valence-electron chi connectivity index (χ2n) is 3.33. The van der Waals surface area contributed by atoms with E-state index in [0.717, 1.165) is 5.69 Å². The van der Waals surface area contributed by atoms with E-state index in [-0.39, 0.29) is 12.6 Å². The second kappa shape index (κ2) is 6.57. The Kier molecular flexibility index (Phi) is 5.37. The summed E-state index contributed by atoms with van der Waals surface area (Å²) in [7, 11) is 1.89. The predicted octanol–water partition coefficient (Wildman–Crippen LogP) is 0.744. The van der Waals surface area contributed by atoms with Crippen molar-refractivity contribution in [1.82, 2.24) is 9.88 Å². The largest absolute Gasteiger partial charge is 0.461 e. The summed E-state index contributed by atoms with van der Waals surface area (Å²) in [6.45, 7) is 3.45. The number of carbonyl (C=O) groups is 1. The SMILES string of the molecule is CCOC(=O)c1nc(CN(C)CCO)cs1. The molecule has 5 nitrogen and oxygen atoms in total. The summed E-state index contributed by atoms with van der Waals surface area (Å²) >= 11 is 1.28. The number of thiazole rings is 1. The zero-order chi connectivity index (χ0) is 12.0. The van der Waals surface area contributed by atoms with Gasteiger partial charge in [0.2, 0.25) is 5.01 Å². The second-order valence-corrected chi connectivity index (χ2v) is 4.18. The van der Waals surface area contributed by atoms with E-state index in [1.165, 1.54) is 11.3 Å². The summed E-state index contributed by atoms with van der Waals surface area (Å²) < 4.78 is 4.85. The van der Waals surface area contributed by atoms with E-state index in [4.69, 9.17) is 9.84 Å². The fraction of sp³-hybridized carbons (Fsp3) is 0.600. The number of hydrogen-bond acceptors (Lipinski definition) is 6. The average molecular weight is 244 g/mol. The highest BCUT2D eigenvalue weighted by molar-refractivity contribution is 7.11. The van der Waals surface area contributed by atoms with Crippen molar-refractivity contribution in [2.75, 3.05) is 26.8 Å². The Morgan fingerprint density at radius 1 is 1.69 bits per heavy atom. The third-order valence-corrected chi connectivity index (χ3v) is 2.79. The molecular formula is C10H16N2O3S. The van der Waals surface area contributed by atoms with Gasteiger partial charge in [-0.1, -0.05) is 0 Å². The summed E-state index contributed by atoms with van der Waals surface area (Å²) in [5, 5.41) is 11.0. The van der Waals surface area contributed by atoms with Crippen molar-refractivity contribution in [3.05, 3.63) is 16.1 Å². The fourth-order valence-electron chi connectivity index (χ4n) is 1.19. The standard InChI is InChI=1S/C10H16N2O3S/c1-3-15-10(14)9-11-8(7-16-9)6-12(2)4-5-13/h7,13H,3-6H2,1-2H3. The first-order valence-electron chi connectivity index (χ1n) is 5.08. The van der Waals surface area contributed by atoms with Crippen LogP contribution in [-0.2, 0) is 11.3 Å². The molecule has 1 N–H and O–H groups in total. The number of likely N-dealkylation sites (N-methyl/N-ethyl adjacent to an activating group) is 1. The Morgan fingerprint density at radius 3 is 3.06 bits per heavy atom. The molecule has 0 amide bonds. The molecule has 0 unspecified atom stereocenters. The Hall–Kier alpha value is -0.980. The van der Waals surface area contributed by atoms with E-state index in [1.807, 2.05) is 17.3 Å². The van der Waals surface area contributed by atoms with Crippen LogP contribution >= 0.6 is 11.3 Å². The molecule has 16 heavy (non-hydrogen) atoms. The van der Waals surface area contributed by atoms with Crippen LogP contribution in [0.5, 0.6) is 0 Å². The Bertz CT molecular complexity index is 341. The minimum Gasteiger partial charge on any atom is -0.461 e. The molecule has 0 aliphatic rings. The minimum absolute atomic E-state index is 0.116. The maximum absolute atomic E-state index is 11.3. The summed E-state index contributed by atoms with van der Waals surface area (Å²) in [4.78, 5) is 17.4. The van der Waals surface area contributed by atoms with Gasteiger partial charge in [-0.25, -0.2) is 9.78 Å². The molecular weight excluding hydrogens is 228 g/mol. The highest BCUT2D eigenvalue weighted by Crippen LogP contribution is 2.12. The quantitative estimate of drug-likeness (QED) is 0.748. The molecule has 1 rings (SSSR count). The van der Waals surface area contributed by atoms with Crippen LogP contribution in [0.2, 0.25) is 0 Å². The van der Waals surface area contributed by atoms with Crippen LogP contribution in [-0.4, -0.2) is 47.8 Å². The molecule has 90 valence electrons. The number of ether oxygens (including phenoxy) is 1. The van der Waals surface area contributed by atoms with Crippen LogP contribution in [0.25, 0.3) is 0 Å². The van der Waals surface area contributed by atoms with Crippen LogP contribution in [0, 0.1) is 0 Å². The van der Waals surface area contributed by atoms with E-state index in [9.17, 15) is 4.79 Å². The highest BCUT2D eigenvalue weighted by atomic mass is 32.1. The van der Waals surface area contributed by atoms with E-state index in [1.54, 1.807) is 6.92 Å². The molecule has 0 aliphatic heterocycles. The molecule has 1 aromatic rings. The van der Waals surface area contributed by atoms with Gasteiger partial charge in [0.15, 0.2) is 0 Å². The highest BCUT2D eigenvalue weighted by Gasteiger charge is 2.12. The number of esters is 1. The lowest BCUT2D eigenvalue weighted by molar-refractivity contribution is 0.0525. The first kappa shape index (κ1) is 13.1. The smallest absolute Gasteiger partial charge is 0.367 e. The predicted molar refractivity (Wildman–Crippen MR) is 61.5 cm³/mol. The summed E-state index contributed by atoms with van der Waals surface area (Å²) in [6, 6.07) is 0. The number of nitrogens with zero attached hydrogens (tertiary/aromatic N) is 2. The first-order valence-corrected chi connectivity index (χ1v) is 5.96. The topological polar surface area (TPSA) is 62.7 Å². The number of rotatable bonds is 6. The number of hydrogen-bond donors (Lipinski definition) is 1. The van der Waals surface area contributed by atoms with Gasteiger partial charge in [0, 0.05) is 18.5 Å². The van der Waals surface area contributed by atoms with E-state index < -0.39 is 0 Å². The Balaban J connectivity index is 2.54. The molecule has 0 bridgehead atoms. The van der Waals surface area contributed by atoms with Crippen molar-refractivity contribution in [2.45, 2.75) is 13.5 Å². The van der Waals surface area contributed by atoms with Gasteiger partial charge in [-0.15, -0.1) is 11.3 Å². The first-order chi connectivity index (χ1) is 7.67. The van der Waals surface area contributed by atoms with Gasteiger partial charge in [-0.2, -0.15) is 0 Å². The van der Waals surface area contributed by atoms with Gasteiger partial charge < -0.3 is 9.84 Å². The number of aromatic nitrogens is 1. The zero-order valence-electron chi connectivity index (χ0n) is 9.47. The third kappa shape index (κ3) is 3.88. The zero-order valence-corrected chi connectivity index (χ0v) is 10.3. The molecule has 0 saturated heterocycles. The average Bonchev–Trinajstić information content (AvgIpc) is 2.67. The van der Waals surface area contributed by atoms with E-state index >= 15 is 0 Å². The van der Waals surface area contributed by atoms with Gasteiger partial charge >= 0.3 is 5.97 Å². The van der Waals surface area contributed by atoms with Gasteiger partial charge in [-0.3, -0.25) is 4.90 Å². The van der Waals surface area contributed by atoms with Crippen LogP contribution in [0.4, 0.5) is 0 Å². The normalized spacial score (nSPS) is 10.8. The molecule has 6 heteroatoms. The molecule has 1 heterocycles. The van der Waals surface area contributed by atoms with Crippen molar-refractivity contribution < 1.29 is 14.6 Å². The molecule has 0 fully saturated rings. The molecule has 0 radical (unpaired) electrons. The van der Waals surface area contributed by atoms with Gasteiger partial charge in [0.05, 0.1) is 18.9 Å². The lowest BCUT2D eigenvalue weighted by atomic mass is 10.4. The Labute approximate surface area is 98.7 Å². The van der Waals surface area contributed by atoms with Gasteiger partial charge in [0.25, 0.3) is 0 Å². The van der Waals surface area contributed by atoms with Gasteiger partial charge in [-0.05, 0) is 14.0 Å². The Morgan fingerprint density at radius 2 is 2.44 bits per heavy atom. The molecule has 0 aromatic carbocycles. The monoisotopic (exact) mass is 244 g/mol. The number of aliphatic hydroxyl groups is 1. The van der Waals surface area contributed by atoms with Crippen LogP contribution in [0.1, 0.15) is 22.4 Å². The third-order valence-electron chi connectivity index (χ3n) is 1.92. The maximum Gasteiger partial charge on any atom is 0.367 e. The summed E-state index contributed by atoms with van der Waals surface area (Å²) in [5.74, 6) is -0.372. The van der Waals surface area contributed by atoms with Crippen LogP contribution in [0.15, 0.2) is 5.38 Å². The summed E-state index contributed by atoms with van der Waals surface area (Å²) in [5.41, 5.74) is 0.823. The molecule has 0 aliphatic carbocycles. The van der Waals surface area contributed by atoms with E-state index in [0.29, 0.717) is 24.7 Å². The van der Waals surface area contributed by atoms with Gasteiger partial charge in [0.1, 0.15) is 0 Å². The maximum atomic E-state index is 11.3. The van der Waals surface area contributed by atoms with Crippen molar-refractivity contribution >= 4 is 17.3 Å². The van der Waals surface area contributed by atoms with Crippen molar-refractivity contribution in [3.8, 4) is 0 Å². The van der Waals surface area contributed by atoms with Crippen molar-refractivity contribution in [2.24, 2.45) is 0 Å². The molecule has 0 spiro atoms. The number of carbonyl (C=O) groups excluding carboxylic acids is 1. The minimum atomic E-state index is -0.372. The lowest BCUT2D eigenvalue weighted by Crippen LogP contribution is -2.21. The fourth-order valence-corrected chi connectivity index (χ4v) is 1.89. The van der Waals surface area contributed by atoms with Crippen molar-refractivity contribution in [1.29, 1.82) is 0 Å². The summed E-state index contributed by atoms with van der Waals surface area (Å²) in [6.07, 6.45) is 0. The molecule has 0 saturated carbocycles. The van der Waals surface area contributed by atoms with Crippen LogP contribution in [0.3, 0.4) is 0 Å². The molecule has 1 aromatic heterocycles. The molecule has 0 atom stereocenters. The lowest BCUT2D eigenvalue weighted by Gasteiger charge is -2.12. The van der Waals surface area contributed by atoms with Crippen LogP contribution < -0.4 is 0 Å². The number of aliphatic hydroxyl groups excluding tert-OH is 1.